The molecule has 2 aromatic carbocycles. The second-order valence-electron chi connectivity index (χ2n) is 7.55. The van der Waals surface area contributed by atoms with Crippen LogP contribution in [-0.4, -0.2) is 21.6 Å². The first-order valence-corrected chi connectivity index (χ1v) is 10.2. The van der Waals surface area contributed by atoms with Gasteiger partial charge in [-0.3, -0.25) is 4.79 Å². The van der Waals surface area contributed by atoms with Crippen molar-refractivity contribution in [1.29, 1.82) is 5.26 Å². The molecular weight excluding hydrogens is 426 g/mol. The van der Waals surface area contributed by atoms with Gasteiger partial charge in [-0.25, -0.2) is 4.79 Å². The van der Waals surface area contributed by atoms with Crippen LogP contribution in [0.4, 0.5) is 5.69 Å². The van der Waals surface area contributed by atoms with Gasteiger partial charge < -0.3 is 15.0 Å². The molecule has 0 radical (unpaired) electrons. The summed E-state index contributed by atoms with van der Waals surface area (Å²) in [6, 6.07) is 14.1. The molecule has 0 aliphatic rings. The van der Waals surface area contributed by atoms with Gasteiger partial charge in [0.25, 0.3) is 5.91 Å². The molecule has 0 fully saturated rings. The van der Waals surface area contributed by atoms with Crippen LogP contribution in [0.1, 0.15) is 38.4 Å². The van der Waals surface area contributed by atoms with Crippen LogP contribution in [0.2, 0.25) is 5.02 Å². The number of carboxylic acids is 1. The van der Waals surface area contributed by atoms with Gasteiger partial charge in [-0.2, -0.15) is 5.26 Å². The predicted octanol–water partition coefficient (Wildman–Crippen LogP) is 5.61. The largest absolute Gasteiger partial charge is 0.478 e. The molecule has 3 rings (SSSR count). The highest BCUT2D eigenvalue weighted by Crippen LogP contribution is 2.26. The second-order valence-corrected chi connectivity index (χ2v) is 7.96. The average molecular weight is 448 g/mol. The van der Waals surface area contributed by atoms with Crippen molar-refractivity contribution in [2.45, 2.75) is 27.7 Å². The maximum absolute atomic E-state index is 12.7. The Morgan fingerprint density at radius 1 is 1.06 bits per heavy atom. The molecule has 0 saturated heterocycles. The topological polar surface area (TPSA) is 95.1 Å². The number of nitrogens with zero attached hydrogens (tertiary/aromatic N) is 2. The first-order valence-electron chi connectivity index (χ1n) is 9.85. The van der Waals surface area contributed by atoms with E-state index in [0.29, 0.717) is 16.9 Å². The zero-order valence-corrected chi connectivity index (χ0v) is 18.9. The molecule has 6 nitrogen and oxygen atoms in total. The number of carbonyl (C=O) groups excluding carboxylic acids is 1. The van der Waals surface area contributed by atoms with Crippen LogP contribution in [0.5, 0.6) is 0 Å². The fourth-order valence-electron chi connectivity index (χ4n) is 3.47. The molecule has 0 atom stereocenters. The lowest BCUT2D eigenvalue weighted by Crippen LogP contribution is -2.13. The minimum absolute atomic E-state index is 0.0211. The lowest BCUT2D eigenvalue weighted by Gasteiger charge is -2.11. The first kappa shape index (κ1) is 22.9. The highest BCUT2D eigenvalue weighted by atomic mass is 35.5. The van der Waals surface area contributed by atoms with Crippen LogP contribution < -0.4 is 5.32 Å². The molecule has 7 heteroatoms. The number of halogens is 1. The summed E-state index contributed by atoms with van der Waals surface area (Å²) in [6.07, 6.45) is 1.54. The summed E-state index contributed by atoms with van der Waals surface area (Å²) in [7, 11) is 0. The third kappa shape index (κ3) is 4.58. The second kappa shape index (κ2) is 9.13. The van der Waals surface area contributed by atoms with Crippen LogP contribution in [-0.2, 0) is 4.79 Å². The van der Waals surface area contributed by atoms with Crippen LogP contribution in [0, 0.1) is 39.0 Å². The number of aromatic carboxylic acids is 1. The smallest absolute Gasteiger partial charge is 0.337 e. The number of aromatic nitrogens is 1. The molecule has 1 amide bonds. The number of hydrogen-bond acceptors (Lipinski definition) is 3. The van der Waals surface area contributed by atoms with E-state index in [2.05, 4.69) is 5.32 Å². The predicted molar refractivity (Wildman–Crippen MR) is 125 cm³/mol. The first-order chi connectivity index (χ1) is 15.1. The molecule has 0 spiro atoms. The van der Waals surface area contributed by atoms with Gasteiger partial charge in [-0.1, -0.05) is 17.7 Å². The lowest BCUT2D eigenvalue weighted by atomic mass is 10.1. The molecule has 0 unspecified atom stereocenters. The van der Waals surface area contributed by atoms with Gasteiger partial charge in [0.1, 0.15) is 11.6 Å². The summed E-state index contributed by atoms with van der Waals surface area (Å²) in [6.45, 7) is 7.68. The normalized spacial score (nSPS) is 11.2. The Bertz CT molecular complexity index is 1310. The number of nitriles is 1. The van der Waals surface area contributed by atoms with E-state index in [4.69, 9.17) is 11.6 Å². The number of nitrogens with one attached hydrogen (secondary N) is 1. The highest BCUT2D eigenvalue weighted by molar-refractivity contribution is 6.33. The molecule has 0 aliphatic carbocycles. The number of hydrogen-bond donors (Lipinski definition) is 2. The number of benzene rings is 2. The average Bonchev–Trinajstić information content (AvgIpc) is 3.01. The monoisotopic (exact) mass is 447 g/mol. The Kier molecular flexibility index (Phi) is 6.52. The number of aryl methyl sites for hydroxylation is 3. The molecule has 1 aromatic heterocycles. The Morgan fingerprint density at radius 2 is 1.78 bits per heavy atom. The molecule has 0 saturated carbocycles. The number of amides is 1. The molecule has 162 valence electrons. The quantitative estimate of drug-likeness (QED) is 0.392. The molecule has 0 aliphatic heterocycles. The zero-order chi connectivity index (χ0) is 23.6. The fraction of sp³-hybridized carbons (Fsp3) is 0.160. The summed E-state index contributed by atoms with van der Waals surface area (Å²) in [5.74, 6) is -1.59. The van der Waals surface area contributed by atoms with Gasteiger partial charge in [0.2, 0.25) is 0 Å². The van der Waals surface area contributed by atoms with Gasteiger partial charge in [-0.05, 0) is 86.9 Å². The summed E-state index contributed by atoms with van der Waals surface area (Å²) in [5, 5.41) is 21.7. The summed E-state index contributed by atoms with van der Waals surface area (Å²) < 4.78 is 1.89. The van der Waals surface area contributed by atoms with E-state index in [1.165, 1.54) is 6.07 Å². The van der Waals surface area contributed by atoms with Crippen LogP contribution in [0.15, 0.2) is 48.0 Å². The van der Waals surface area contributed by atoms with E-state index >= 15 is 0 Å². The molecule has 1 heterocycles. The van der Waals surface area contributed by atoms with Gasteiger partial charge in [0.15, 0.2) is 0 Å². The van der Waals surface area contributed by atoms with Gasteiger partial charge in [0.05, 0.1) is 10.6 Å². The summed E-state index contributed by atoms with van der Waals surface area (Å²) in [5.41, 5.74) is 5.80. The van der Waals surface area contributed by atoms with E-state index < -0.39 is 11.9 Å². The van der Waals surface area contributed by atoms with E-state index in [-0.39, 0.29) is 16.2 Å². The lowest BCUT2D eigenvalue weighted by molar-refractivity contribution is -0.112. The molecule has 32 heavy (non-hydrogen) atoms. The zero-order valence-electron chi connectivity index (χ0n) is 18.2. The summed E-state index contributed by atoms with van der Waals surface area (Å²) >= 11 is 6.13. The minimum atomic E-state index is -1.10. The Labute approximate surface area is 191 Å². The molecule has 2 N–H and O–H groups in total. The van der Waals surface area contributed by atoms with E-state index in [1.807, 2.05) is 56.5 Å². The van der Waals surface area contributed by atoms with Crippen molar-refractivity contribution in [2.24, 2.45) is 0 Å². The Balaban J connectivity index is 1.95. The van der Waals surface area contributed by atoms with Crippen molar-refractivity contribution < 1.29 is 14.7 Å². The van der Waals surface area contributed by atoms with Crippen molar-refractivity contribution in [3.8, 4) is 11.8 Å². The number of carbonyl (C=O) groups is 2. The van der Waals surface area contributed by atoms with Crippen molar-refractivity contribution >= 4 is 35.2 Å². The van der Waals surface area contributed by atoms with Gasteiger partial charge in [0, 0.05) is 22.8 Å². The van der Waals surface area contributed by atoms with Crippen molar-refractivity contribution in [3.05, 3.63) is 86.7 Å². The van der Waals surface area contributed by atoms with E-state index in [1.54, 1.807) is 24.3 Å². The maximum atomic E-state index is 12.7. The molecule has 0 bridgehead atoms. The Morgan fingerprint density at radius 3 is 2.38 bits per heavy atom. The molecule has 3 aromatic rings. The fourth-order valence-corrected chi connectivity index (χ4v) is 3.72. The van der Waals surface area contributed by atoms with Crippen molar-refractivity contribution in [2.75, 3.05) is 5.32 Å². The van der Waals surface area contributed by atoms with Crippen LogP contribution in [0.25, 0.3) is 11.8 Å². The third-order valence-corrected chi connectivity index (χ3v) is 5.65. The van der Waals surface area contributed by atoms with Crippen LogP contribution in [0.3, 0.4) is 0 Å². The van der Waals surface area contributed by atoms with Crippen LogP contribution >= 0.6 is 11.6 Å². The molecular formula is C25H22ClN3O3. The standard InChI is InChI=1S/C25H22ClN3O3/c1-14-5-6-20(9-15(14)2)28-24(30)19(13-27)11-18-10-16(3)29(17(18)4)21-7-8-22(25(31)32)23(26)12-21/h5-12H,1-4H3,(H,28,30)(H,31,32)/b19-11-. The highest BCUT2D eigenvalue weighted by Gasteiger charge is 2.16. The van der Waals surface area contributed by atoms with Crippen molar-refractivity contribution in [1.82, 2.24) is 4.57 Å². The van der Waals surface area contributed by atoms with Gasteiger partial charge in [-0.15, -0.1) is 0 Å². The third-order valence-electron chi connectivity index (χ3n) is 5.34. The number of anilines is 1. The maximum Gasteiger partial charge on any atom is 0.337 e. The minimum Gasteiger partial charge on any atom is -0.478 e. The SMILES string of the molecule is Cc1ccc(NC(=O)/C(C#N)=C\c2cc(C)n(-c3ccc(C(=O)O)c(Cl)c3)c2C)cc1C. The van der Waals surface area contributed by atoms with E-state index in [0.717, 1.165) is 22.5 Å². The van der Waals surface area contributed by atoms with Gasteiger partial charge >= 0.3 is 5.97 Å². The summed E-state index contributed by atoms with van der Waals surface area (Å²) in [4.78, 5) is 23.9. The Hall–Kier alpha value is -3.82. The number of rotatable bonds is 5. The van der Waals surface area contributed by atoms with E-state index in [9.17, 15) is 20.0 Å². The van der Waals surface area contributed by atoms with Crippen molar-refractivity contribution in [3.63, 3.8) is 0 Å². The number of carboxylic acid groups (broad SMARTS) is 1.